The molecule has 0 spiro atoms. The molecule has 0 bridgehead atoms. The van der Waals surface area contributed by atoms with Crippen molar-refractivity contribution >= 4 is 44.8 Å². The first-order chi connectivity index (χ1) is 24.5. The van der Waals surface area contributed by atoms with Gasteiger partial charge in [0.2, 0.25) is 0 Å². The van der Waals surface area contributed by atoms with Crippen molar-refractivity contribution in [3.8, 4) is 44.8 Å². The zero-order valence-corrected chi connectivity index (χ0v) is 33.7. The molecule has 3 aromatic heterocycles. The third kappa shape index (κ3) is 8.19. The predicted molar refractivity (Wildman–Crippen MR) is 218 cm³/mol. The molecule has 5 heteroatoms. The van der Waals surface area contributed by atoms with Crippen LogP contribution in [0, 0.1) is 12.1 Å². The Morgan fingerprint density at radius 1 is 0.647 bits per heavy atom. The Bertz CT molecular complexity index is 2430. The Kier molecular flexibility index (Phi) is 10.8. The summed E-state index contributed by atoms with van der Waals surface area (Å²) in [4.78, 5) is 9.25. The molecule has 3 heterocycles. The maximum atomic E-state index is 8.35. The third-order valence-corrected chi connectivity index (χ3v) is 12.2. The van der Waals surface area contributed by atoms with E-state index in [0.29, 0.717) is 0 Å². The van der Waals surface area contributed by atoms with Gasteiger partial charge in [0.1, 0.15) is 0 Å². The number of pyridine rings is 2. The van der Waals surface area contributed by atoms with Crippen molar-refractivity contribution < 1.29 is 21.5 Å². The average molecular weight is 874 g/mol. The standard InChI is InChI=1S/C26H20NS.C20H20NSi.Ir/c1-17(2)19-13-14-27-24(16-19)22-10-6-9-21-23-15-20(18-7-4-3-5-8-18)11-12-25(23)28-26(21)22;1-22(2,3)19-12-13-20(21-15-19)18-11-7-10-17(14-18)16-8-5-4-6-9-16;/h3-9,11-17H,1-2H3;4-10,12-15H,1-3H3;/q2*-1;/i17D;;. The summed E-state index contributed by atoms with van der Waals surface area (Å²) in [6, 6.07) is 52.9. The number of aromatic nitrogens is 2. The molecule has 1 radical (unpaired) electrons. The summed E-state index contributed by atoms with van der Waals surface area (Å²) in [6.45, 7) is 10.8. The summed E-state index contributed by atoms with van der Waals surface area (Å²) >= 11 is 1.78. The smallest absolute Gasteiger partial charge is 0.0795 e. The van der Waals surface area contributed by atoms with Gasteiger partial charge < -0.3 is 9.97 Å². The maximum Gasteiger partial charge on any atom is 0.0795 e. The van der Waals surface area contributed by atoms with Crippen LogP contribution in [0.5, 0.6) is 0 Å². The first-order valence-corrected chi connectivity index (χ1v) is 21.3. The van der Waals surface area contributed by atoms with Gasteiger partial charge in [-0.3, -0.25) is 0 Å². The van der Waals surface area contributed by atoms with Crippen molar-refractivity contribution in [3.63, 3.8) is 0 Å². The summed E-state index contributed by atoms with van der Waals surface area (Å²) < 4.78 is 10.8. The minimum absolute atomic E-state index is 0. The molecular weight excluding hydrogens is 833 g/mol. The van der Waals surface area contributed by atoms with E-state index < -0.39 is 14.0 Å². The van der Waals surface area contributed by atoms with Crippen LogP contribution in [0.25, 0.3) is 64.9 Å². The second kappa shape index (κ2) is 15.8. The molecule has 0 aliphatic heterocycles. The maximum absolute atomic E-state index is 8.35. The average Bonchev–Trinajstić information content (AvgIpc) is 3.54. The molecule has 2 nitrogen and oxygen atoms in total. The normalized spacial score (nSPS) is 11.7. The van der Waals surface area contributed by atoms with Gasteiger partial charge in [0.25, 0.3) is 0 Å². The molecule has 0 saturated heterocycles. The summed E-state index contributed by atoms with van der Waals surface area (Å²) in [6.07, 6.45) is 3.83. The fourth-order valence-electron chi connectivity index (χ4n) is 6.04. The Morgan fingerprint density at radius 3 is 1.98 bits per heavy atom. The van der Waals surface area contributed by atoms with E-state index in [4.69, 9.17) is 1.37 Å². The molecule has 255 valence electrons. The van der Waals surface area contributed by atoms with Crippen LogP contribution in [-0.4, -0.2) is 18.0 Å². The molecule has 0 aliphatic rings. The minimum Gasteiger partial charge on any atom is -0.305 e. The SMILES string of the molecule is C[Si](C)(C)c1ccc(-c2[c-]ccc(-c3ccccc3)c2)nc1.[2H]C(C)(C)c1ccnc(-c2[c-]ccc3c2sc2ccc(-c4ccccc4)cc23)c1.[Ir]. The number of fused-ring (bicyclic) bond motifs is 3. The molecule has 0 fully saturated rings. The second-order valence-corrected chi connectivity index (χ2v) is 19.9. The molecule has 0 saturated carbocycles. The van der Waals surface area contributed by atoms with Crippen LogP contribution in [-0.2, 0) is 20.1 Å². The summed E-state index contributed by atoms with van der Waals surface area (Å²) in [5.41, 5.74) is 9.75. The van der Waals surface area contributed by atoms with Crippen molar-refractivity contribution in [1.29, 1.82) is 0 Å². The molecule has 0 N–H and O–H groups in total. The van der Waals surface area contributed by atoms with E-state index in [1.54, 1.807) is 17.5 Å². The van der Waals surface area contributed by atoms with Crippen LogP contribution in [0.15, 0.2) is 146 Å². The van der Waals surface area contributed by atoms with Gasteiger partial charge in [-0.25, -0.2) is 0 Å². The van der Waals surface area contributed by atoms with Crippen molar-refractivity contribution in [3.05, 3.63) is 164 Å². The van der Waals surface area contributed by atoms with E-state index in [-0.39, 0.29) is 20.1 Å². The van der Waals surface area contributed by atoms with E-state index in [1.807, 2.05) is 56.4 Å². The fraction of sp³-hybridized carbons (Fsp3) is 0.130. The first kappa shape index (κ1) is 34.9. The molecule has 0 atom stereocenters. The van der Waals surface area contributed by atoms with Gasteiger partial charge in [0.05, 0.1) is 8.07 Å². The van der Waals surface area contributed by atoms with Crippen LogP contribution in [0.3, 0.4) is 0 Å². The van der Waals surface area contributed by atoms with Crippen molar-refractivity contribution in [1.82, 2.24) is 9.97 Å². The predicted octanol–water partition coefficient (Wildman–Crippen LogP) is 12.5. The van der Waals surface area contributed by atoms with E-state index in [2.05, 4.69) is 139 Å². The van der Waals surface area contributed by atoms with Crippen molar-refractivity contribution in [2.45, 2.75) is 39.4 Å². The molecule has 0 aliphatic carbocycles. The molecule has 51 heavy (non-hydrogen) atoms. The van der Waals surface area contributed by atoms with Gasteiger partial charge >= 0.3 is 0 Å². The molecule has 8 rings (SSSR count). The summed E-state index contributed by atoms with van der Waals surface area (Å²) in [7, 11) is -1.29. The molecule has 8 aromatic rings. The number of rotatable bonds is 6. The van der Waals surface area contributed by atoms with Gasteiger partial charge in [-0.2, -0.15) is 11.3 Å². The van der Waals surface area contributed by atoms with Crippen LogP contribution in [0.1, 0.15) is 26.7 Å². The van der Waals surface area contributed by atoms with E-state index in [1.165, 1.54) is 47.6 Å². The quantitative estimate of drug-likeness (QED) is 0.123. The Morgan fingerprint density at radius 2 is 1.33 bits per heavy atom. The van der Waals surface area contributed by atoms with E-state index >= 15 is 0 Å². The Hall–Kier alpha value is -4.51. The number of benzene rings is 5. The zero-order valence-electron chi connectivity index (χ0n) is 30.5. The van der Waals surface area contributed by atoms with Crippen molar-refractivity contribution in [2.24, 2.45) is 0 Å². The monoisotopic (exact) mass is 874 g/mol. The number of nitrogens with zero attached hydrogens (tertiary/aromatic N) is 2. The van der Waals surface area contributed by atoms with Crippen LogP contribution >= 0.6 is 11.3 Å². The molecule has 5 aromatic carbocycles. The van der Waals surface area contributed by atoms with Gasteiger partial charge in [-0.05, 0) is 67.4 Å². The fourth-order valence-corrected chi connectivity index (χ4v) is 8.27. The second-order valence-electron chi connectivity index (χ2n) is 13.7. The number of hydrogen-bond acceptors (Lipinski definition) is 3. The van der Waals surface area contributed by atoms with E-state index in [0.717, 1.165) is 28.1 Å². The van der Waals surface area contributed by atoms with Gasteiger partial charge in [-0.15, -0.1) is 59.2 Å². The Labute approximate surface area is 322 Å². The number of hydrogen-bond donors (Lipinski definition) is 0. The molecule has 0 amide bonds. The van der Waals surface area contributed by atoms with Crippen LogP contribution in [0.4, 0.5) is 0 Å². The summed E-state index contributed by atoms with van der Waals surface area (Å²) in [5.74, 6) is -0.656. The topological polar surface area (TPSA) is 25.8 Å². The molecular formula is C46H40IrN2SSi-2. The van der Waals surface area contributed by atoms with Crippen molar-refractivity contribution in [2.75, 3.05) is 0 Å². The Balaban J connectivity index is 0.000000182. The van der Waals surface area contributed by atoms with Gasteiger partial charge in [0, 0.05) is 38.6 Å². The third-order valence-electron chi connectivity index (χ3n) is 8.95. The zero-order chi connectivity index (χ0) is 35.6. The van der Waals surface area contributed by atoms with Gasteiger partial charge in [-0.1, -0.05) is 129 Å². The van der Waals surface area contributed by atoms with E-state index in [9.17, 15) is 0 Å². The largest absolute Gasteiger partial charge is 0.305 e. The summed E-state index contributed by atoms with van der Waals surface area (Å²) in [5, 5.41) is 3.88. The van der Waals surface area contributed by atoms with Crippen LogP contribution in [0.2, 0.25) is 19.6 Å². The first-order valence-electron chi connectivity index (χ1n) is 17.5. The van der Waals surface area contributed by atoms with Crippen LogP contribution < -0.4 is 5.19 Å². The minimum atomic E-state index is -1.29. The number of thiophene rings is 1. The van der Waals surface area contributed by atoms with Gasteiger partial charge in [0.15, 0.2) is 0 Å². The molecule has 0 unspecified atom stereocenters.